The third kappa shape index (κ3) is 2.50. The van der Waals surface area contributed by atoms with Gasteiger partial charge in [-0.3, -0.25) is 4.79 Å². The van der Waals surface area contributed by atoms with E-state index in [0.717, 1.165) is 0 Å². The summed E-state index contributed by atoms with van der Waals surface area (Å²) in [6.07, 6.45) is 0.211. The number of aliphatic carboxylic acids is 1. The Morgan fingerprint density at radius 3 is 2.71 bits per heavy atom. The lowest BCUT2D eigenvalue weighted by atomic mass is 10.2. The molecule has 0 spiro atoms. The summed E-state index contributed by atoms with van der Waals surface area (Å²) in [5, 5.41) is 8.58. The van der Waals surface area contributed by atoms with Crippen LogP contribution in [0.25, 0.3) is 0 Å². The molecule has 5 heteroatoms. The maximum absolute atomic E-state index is 10.5. The van der Waals surface area contributed by atoms with E-state index in [2.05, 4.69) is 0 Å². The Balaban J connectivity index is 2.64. The van der Waals surface area contributed by atoms with Gasteiger partial charge in [0.2, 0.25) is 0 Å². The summed E-state index contributed by atoms with van der Waals surface area (Å²) in [4.78, 5) is 12.3. The van der Waals surface area contributed by atoms with Crippen molar-refractivity contribution in [1.29, 1.82) is 0 Å². The fourth-order valence-electron chi connectivity index (χ4n) is 1.02. The molecule has 3 N–H and O–H groups in total. The molecule has 0 aliphatic rings. The number of hydrogen-bond acceptors (Lipinski definition) is 4. The van der Waals surface area contributed by atoms with E-state index < -0.39 is 12.0 Å². The van der Waals surface area contributed by atoms with E-state index in [1.807, 2.05) is 14.1 Å². The van der Waals surface area contributed by atoms with Crippen molar-refractivity contribution in [3.8, 4) is 0 Å². The predicted molar refractivity (Wildman–Crippen MR) is 52.4 cm³/mol. The first kappa shape index (κ1) is 10.6. The number of anilines is 1. The van der Waals surface area contributed by atoms with Crippen molar-refractivity contribution in [2.24, 2.45) is 5.73 Å². The summed E-state index contributed by atoms with van der Waals surface area (Å²) in [5.41, 5.74) is 5.36. The highest BCUT2D eigenvalue weighted by Gasteiger charge is 2.14. The van der Waals surface area contributed by atoms with E-state index in [4.69, 9.17) is 15.3 Å². The molecule has 0 bridgehead atoms. The molecule has 0 aromatic carbocycles. The first-order chi connectivity index (χ1) is 6.50. The van der Waals surface area contributed by atoms with Crippen molar-refractivity contribution in [3.63, 3.8) is 0 Å². The van der Waals surface area contributed by atoms with Gasteiger partial charge in [0.05, 0.1) is 0 Å². The van der Waals surface area contributed by atoms with Crippen LogP contribution in [0, 0.1) is 0 Å². The van der Waals surface area contributed by atoms with Gasteiger partial charge in [-0.15, -0.1) is 0 Å². The van der Waals surface area contributed by atoms with Crippen molar-refractivity contribution in [2.75, 3.05) is 19.0 Å². The molecular formula is C9H14N2O3. The molecule has 0 aliphatic heterocycles. The molecular weight excluding hydrogens is 184 g/mol. The SMILES string of the molecule is CN(C)c1ccc(C[C@H](N)C(=O)O)o1. The lowest BCUT2D eigenvalue weighted by molar-refractivity contribution is -0.138. The molecule has 0 aliphatic carbocycles. The van der Waals surface area contributed by atoms with Gasteiger partial charge in [-0.25, -0.2) is 0 Å². The number of carboxylic acids is 1. The molecule has 0 unspecified atom stereocenters. The topological polar surface area (TPSA) is 79.7 Å². The Morgan fingerprint density at radius 2 is 2.29 bits per heavy atom. The minimum absolute atomic E-state index is 0.211. The average molecular weight is 198 g/mol. The quantitative estimate of drug-likeness (QED) is 0.727. The normalized spacial score (nSPS) is 12.5. The molecule has 78 valence electrons. The van der Waals surface area contributed by atoms with E-state index >= 15 is 0 Å². The van der Waals surface area contributed by atoms with Gasteiger partial charge in [0, 0.05) is 26.6 Å². The molecule has 0 fully saturated rings. The van der Waals surface area contributed by atoms with Crippen molar-refractivity contribution in [3.05, 3.63) is 17.9 Å². The van der Waals surface area contributed by atoms with Crippen LogP contribution in [-0.2, 0) is 11.2 Å². The predicted octanol–water partition coefficient (Wildman–Crippen LogP) is 0.300. The van der Waals surface area contributed by atoms with Crippen LogP contribution in [-0.4, -0.2) is 31.2 Å². The second-order valence-electron chi connectivity index (χ2n) is 3.28. The zero-order valence-corrected chi connectivity index (χ0v) is 8.23. The Bertz CT molecular complexity index is 320. The van der Waals surface area contributed by atoms with Gasteiger partial charge in [-0.1, -0.05) is 0 Å². The van der Waals surface area contributed by atoms with Gasteiger partial charge >= 0.3 is 5.97 Å². The standard InChI is InChI=1S/C9H14N2O3/c1-11(2)8-4-3-6(14-8)5-7(10)9(12)13/h3-4,7H,5,10H2,1-2H3,(H,12,13)/t7-/m0/s1. The van der Waals surface area contributed by atoms with Gasteiger partial charge < -0.3 is 20.2 Å². The lowest BCUT2D eigenvalue weighted by Gasteiger charge is -2.07. The molecule has 0 saturated heterocycles. The zero-order valence-electron chi connectivity index (χ0n) is 8.23. The number of rotatable bonds is 4. The molecule has 14 heavy (non-hydrogen) atoms. The number of furan rings is 1. The second kappa shape index (κ2) is 4.15. The van der Waals surface area contributed by atoms with Crippen LogP contribution in [0.5, 0.6) is 0 Å². The van der Waals surface area contributed by atoms with Crippen LogP contribution in [0.15, 0.2) is 16.5 Å². The Kier molecular flexibility index (Phi) is 3.14. The fourth-order valence-corrected chi connectivity index (χ4v) is 1.02. The van der Waals surface area contributed by atoms with E-state index in [1.54, 1.807) is 17.0 Å². The smallest absolute Gasteiger partial charge is 0.320 e. The Hall–Kier alpha value is -1.49. The molecule has 0 saturated carbocycles. The molecule has 0 radical (unpaired) electrons. The van der Waals surface area contributed by atoms with E-state index in [0.29, 0.717) is 11.6 Å². The minimum atomic E-state index is -1.02. The number of carbonyl (C=O) groups is 1. The Labute approximate surface area is 82.1 Å². The number of nitrogens with zero attached hydrogens (tertiary/aromatic N) is 1. The summed E-state index contributed by atoms with van der Waals surface area (Å²) < 4.78 is 5.35. The minimum Gasteiger partial charge on any atom is -0.480 e. The molecule has 1 atom stereocenters. The van der Waals surface area contributed by atoms with Gasteiger partial charge in [0.25, 0.3) is 0 Å². The lowest BCUT2D eigenvalue weighted by Crippen LogP contribution is -2.32. The summed E-state index contributed by atoms with van der Waals surface area (Å²) in [7, 11) is 3.69. The number of carboxylic acid groups (broad SMARTS) is 1. The second-order valence-corrected chi connectivity index (χ2v) is 3.28. The molecule has 5 nitrogen and oxygen atoms in total. The van der Waals surface area contributed by atoms with Crippen LogP contribution in [0.2, 0.25) is 0 Å². The van der Waals surface area contributed by atoms with Gasteiger partial charge in [0.1, 0.15) is 11.8 Å². The van der Waals surface area contributed by atoms with Crippen LogP contribution >= 0.6 is 0 Å². The van der Waals surface area contributed by atoms with Gasteiger partial charge in [-0.05, 0) is 6.07 Å². The first-order valence-corrected chi connectivity index (χ1v) is 4.25. The van der Waals surface area contributed by atoms with Crippen LogP contribution < -0.4 is 10.6 Å². The molecule has 1 heterocycles. The molecule has 1 aromatic heterocycles. The zero-order chi connectivity index (χ0) is 10.7. The number of nitrogens with two attached hydrogens (primary N) is 1. The van der Waals surface area contributed by atoms with Crippen LogP contribution in [0.4, 0.5) is 5.88 Å². The summed E-state index contributed by atoms with van der Waals surface area (Å²) in [6.45, 7) is 0. The van der Waals surface area contributed by atoms with E-state index in [9.17, 15) is 4.79 Å². The largest absolute Gasteiger partial charge is 0.480 e. The van der Waals surface area contributed by atoms with Crippen molar-refractivity contribution in [1.82, 2.24) is 0 Å². The monoisotopic (exact) mass is 198 g/mol. The van der Waals surface area contributed by atoms with Crippen molar-refractivity contribution < 1.29 is 14.3 Å². The summed E-state index contributed by atoms with van der Waals surface area (Å²) in [5.74, 6) is 0.258. The molecule has 0 amide bonds. The van der Waals surface area contributed by atoms with Gasteiger partial charge in [0.15, 0.2) is 5.88 Å². The number of hydrogen-bond donors (Lipinski definition) is 2. The van der Waals surface area contributed by atoms with Gasteiger partial charge in [-0.2, -0.15) is 0 Å². The highest BCUT2D eigenvalue weighted by molar-refractivity contribution is 5.73. The summed E-state index contributed by atoms with van der Waals surface area (Å²) in [6, 6.07) is 2.61. The Morgan fingerprint density at radius 1 is 1.64 bits per heavy atom. The molecule has 1 rings (SSSR count). The maximum Gasteiger partial charge on any atom is 0.320 e. The summed E-state index contributed by atoms with van der Waals surface area (Å²) >= 11 is 0. The average Bonchev–Trinajstić information content (AvgIpc) is 2.52. The third-order valence-electron chi connectivity index (χ3n) is 1.83. The molecule has 1 aromatic rings. The fraction of sp³-hybridized carbons (Fsp3) is 0.444. The maximum atomic E-state index is 10.5. The van der Waals surface area contributed by atoms with Crippen molar-refractivity contribution in [2.45, 2.75) is 12.5 Å². The van der Waals surface area contributed by atoms with E-state index in [-0.39, 0.29) is 6.42 Å². The third-order valence-corrected chi connectivity index (χ3v) is 1.83. The first-order valence-electron chi connectivity index (χ1n) is 4.25. The van der Waals surface area contributed by atoms with Crippen LogP contribution in [0.1, 0.15) is 5.76 Å². The van der Waals surface area contributed by atoms with Crippen LogP contribution in [0.3, 0.4) is 0 Å². The highest BCUT2D eigenvalue weighted by atomic mass is 16.4. The van der Waals surface area contributed by atoms with Crippen molar-refractivity contribution >= 4 is 11.9 Å². The van der Waals surface area contributed by atoms with E-state index in [1.165, 1.54) is 0 Å². The highest BCUT2D eigenvalue weighted by Crippen LogP contribution is 2.16.